The fraction of sp³-hybridized carbons (Fsp3) is 0.688. The van der Waals surface area contributed by atoms with Crippen LogP contribution in [-0.2, 0) is 4.74 Å². The van der Waals surface area contributed by atoms with Crippen molar-refractivity contribution in [3.05, 3.63) is 11.6 Å². The van der Waals surface area contributed by atoms with Gasteiger partial charge in [0.2, 0.25) is 5.28 Å². The summed E-state index contributed by atoms with van der Waals surface area (Å²) in [6, 6.07) is 0.431. The number of imidazole rings is 1. The van der Waals surface area contributed by atoms with E-state index in [0.29, 0.717) is 6.04 Å². The van der Waals surface area contributed by atoms with Gasteiger partial charge in [0.1, 0.15) is 6.23 Å². The van der Waals surface area contributed by atoms with Crippen molar-refractivity contribution in [3.63, 3.8) is 0 Å². The van der Waals surface area contributed by atoms with E-state index < -0.39 is 0 Å². The molecule has 1 aliphatic carbocycles. The zero-order valence-corrected chi connectivity index (χ0v) is 14.3. The van der Waals surface area contributed by atoms with E-state index in [1.165, 1.54) is 12.8 Å². The van der Waals surface area contributed by atoms with Crippen molar-refractivity contribution in [2.75, 3.05) is 18.6 Å². The predicted octanol–water partition coefficient (Wildman–Crippen LogP) is 3.41. The monoisotopic (exact) mass is 335 g/mol. The molecule has 0 N–H and O–H groups in total. The fourth-order valence-electron chi connectivity index (χ4n) is 3.36. The van der Waals surface area contributed by atoms with Gasteiger partial charge in [-0.1, -0.05) is 0 Å². The minimum absolute atomic E-state index is 0.00118. The van der Waals surface area contributed by atoms with E-state index in [-0.39, 0.29) is 11.5 Å². The summed E-state index contributed by atoms with van der Waals surface area (Å²) in [4.78, 5) is 15.6. The van der Waals surface area contributed by atoms with Crippen LogP contribution >= 0.6 is 11.6 Å². The second-order valence-electron chi connectivity index (χ2n) is 6.65. The van der Waals surface area contributed by atoms with Gasteiger partial charge in [0.15, 0.2) is 17.0 Å². The normalized spacial score (nSPS) is 23.2. The second-order valence-corrected chi connectivity index (χ2v) is 6.99. The van der Waals surface area contributed by atoms with E-state index in [9.17, 15) is 0 Å². The van der Waals surface area contributed by atoms with Crippen molar-refractivity contribution in [3.8, 4) is 0 Å². The lowest BCUT2D eigenvalue weighted by molar-refractivity contribution is -0.0298. The summed E-state index contributed by atoms with van der Waals surface area (Å²) < 4.78 is 7.87. The van der Waals surface area contributed by atoms with Crippen LogP contribution in [0.25, 0.3) is 11.2 Å². The molecule has 2 atom stereocenters. The van der Waals surface area contributed by atoms with E-state index >= 15 is 0 Å². The molecule has 0 bridgehead atoms. The highest BCUT2D eigenvalue weighted by atomic mass is 35.5. The molecule has 0 radical (unpaired) electrons. The maximum atomic E-state index is 6.20. The number of nitrogens with zero attached hydrogens (tertiary/aromatic N) is 5. The summed E-state index contributed by atoms with van der Waals surface area (Å²) in [5, 5.41) is 0.264. The molecule has 124 valence electrons. The van der Waals surface area contributed by atoms with Crippen LogP contribution in [0.15, 0.2) is 6.33 Å². The molecule has 1 aliphatic heterocycles. The molecule has 1 saturated heterocycles. The van der Waals surface area contributed by atoms with E-state index in [1.807, 2.05) is 10.9 Å². The molecular formula is C16H22ClN5O. The van der Waals surface area contributed by atoms with E-state index in [2.05, 4.69) is 33.8 Å². The lowest BCUT2D eigenvalue weighted by Crippen LogP contribution is -2.31. The molecule has 4 rings (SSSR count). The Morgan fingerprint density at radius 3 is 2.83 bits per heavy atom. The van der Waals surface area contributed by atoms with Crippen molar-refractivity contribution in [2.45, 2.75) is 51.3 Å². The van der Waals surface area contributed by atoms with E-state index in [1.54, 1.807) is 0 Å². The number of fused-ring (bicyclic) bond motifs is 1. The molecule has 7 heteroatoms. The Kier molecular flexibility index (Phi) is 3.89. The van der Waals surface area contributed by atoms with Gasteiger partial charge in [-0.05, 0) is 56.5 Å². The van der Waals surface area contributed by atoms with Crippen molar-refractivity contribution >= 4 is 28.6 Å². The highest BCUT2D eigenvalue weighted by molar-refractivity contribution is 6.28. The van der Waals surface area contributed by atoms with E-state index in [0.717, 1.165) is 48.8 Å². The smallest absolute Gasteiger partial charge is 0.226 e. The third kappa shape index (κ3) is 2.78. The topological polar surface area (TPSA) is 56.1 Å². The van der Waals surface area contributed by atoms with Crippen LogP contribution in [0.5, 0.6) is 0 Å². The molecule has 0 aromatic carbocycles. The standard InChI is InChI=1S/C16H22ClN5O/c1-10(11-6-7-11)21(2)14-13-15(20-16(17)19-14)22(9-18-13)12-5-3-4-8-23-12/h9-12H,3-8H2,1-2H3. The first-order valence-electron chi connectivity index (χ1n) is 8.39. The summed E-state index contributed by atoms with van der Waals surface area (Å²) in [5.41, 5.74) is 1.57. The van der Waals surface area contributed by atoms with Crippen molar-refractivity contribution in [1.82, 2.24) is 19.5 Å². The zero-order chi connectivity index (χ0) is 16.0. The number of halogens is 1. The van der Waals surface area contributed by atoms with Crippen LogP contribution in [-0.4, -0.2) is 39.2 Å². The van der Waals surface area contributed by atoms with Crippen LogP contribution in [0, 0.1) is 5.92 Å². The van der Waals surface area contributed by atoms with Gasteiger partial charge in [-0.25, -0.2) is 4.98 Å². The first-order valence-corrected chi connectivity index (χ1v) is 8.77. The minimum Gasteiger partial charge on any atom is -0.358 e. The van der Waals surface area contributed by atoms with Crippen LogP contribution in [0.3, 0.4) is 0 Å². The van der Waals surface area contributed by atoms with Gasteiger partial charge in [-0.2, -0.15) is 9.97 Å². The Hall–Kier alpha value is -1.40. The molecular weight excluding hydrogens is 314 g/mol. The number of hydrogen-bond donors (Lipinski definition) is 0. The Bertz CT molecular complexity index is 708. The predicted molar refractivity (Wildman–Crippen MR) is 89.8 cm³/mol. The number of aromatic nitrogens is 4. The highest BCUT2D eigenvalue weighted by Crippen LogP contribution is 2.37. The molecule has 2 aromatic heterocycles. The second kappa shape index (κ2) is 5.91. The van der Waals surface area contributed by atoms with Gasteiger partial charge in [-0.3, -0.25) is 4.57 Å². The highest BCUT2D eigenvalue weighted by Gasteiger charge is 2.32. The van der Waals surface area contributed by atoms with Crippen molar-refractivity contribution < 1.29 is 4.74 Å². The van der Waals surface area contributed by atoms with Gasteiger partial charge in [0, 0.05) is 19.7 Å². The minimum atomic E-state index is -0.00118. The van der Waals surface area contributed by atoms with Crippen LogP contribution in [0.1, 0.15) is 45.3 Å². The van der Waals surface area contributed by atoms with Crippen molar-refractivity contribution in [2.24, 2.45) is 5.92 Å². The molecule has 3 heterocycles. The third-order valence-corrected chi connectivity index (χ3v) is 5.26. The maximum absolute atomic E-state index is 6.20. The molecule has 1 saturated carbocycles. The molecule has 2 aliphatic rings. The molecule has 6 nitrogen and oxygen atoms in total. The number of rotatable bonds is 4. The Morgan fingerprint density at radius 2 is 2.13 bits per heavy atom. The summed E-state index contributed by atoms with van der Waals surface area (Å²) in [7, 11) is 2.07. The Morgan fingerprint density at radius 1 is 1.30 bits per heavy atom. The number of ether oxygens (including phenoxy) is 1. The van der Waals surface area contributed by atoms with Gasteiger partial charge >= 0.3 is 0 Å². The Labute approximate surface area is 140 Å². The summed E-state index contributed by atoms with van der Waals surface area (Å²) in [6.45, 7) is 3.02. The third-order valence-electron chi connectivity index (χ3n) is 5.09. The quantitative estimate of drug-likeness (QED) is 0.801. The lowest BCUT2D eigenvalue weighted by atomic mass is 10.2. The summed E-state index contributed by atoms with van der Waals surface area (Å²) in [6.07, 6.45) is 7.65. The first kappa shape index (κ1) is 15.1. The first-order chi connectivity index (χ1) is 11.1. The molecule has 2 unspecified atom stereocenters. The number of hydrogen-bond acceptors (Lipinski definition) is 5. The summed E-state index contributed by atoms with van der Waals surface area (Å²) in [5.74, 6) is 1.56. The average Bonchev–Trinajstić information content (AvgIpc) is 3.33. The zero-order valence-electron chi connectivity index (χ0n) is 13.6. The van der Waals surface area contributed by atoms with Crippen LogP contribution in [0.4, 0.5) is 5.82 Å². The van der Waals surface area contributed by atoms with E-state index in [4.69, 9.17) is 16.3 Å². The molecule has 0 amide bonds. The number of anilines is 1. The maximum Gasteiger partial charge on any atom is 0.226 e. The molecule has 0 spiro atoms. The molecule has 2 aromatic rings. The van der Waals surface area contributed by atoms with Gasteiger partial charge in [0.05, 0.1) is 6.33 Å². The van der Waals surface area contributed by atoms with Crippen LogP contribution < -0.4 is 4.90 Å². The van der Waals surface area contributed by atoms with Crippen molar-refractivity contribution in [1.29, 1.82) is 0 Å². The summed E-state index contributed by atoms with van der Waals surface area (Å²) >= 11 is 6.20. The average molecular weight is 336 g/mol. The molecule has 23 heavy (non-hydrogen) atoms. The van der Waals surface area contributed by atoms with Gasteiger partial charge < -0.3 is 9.64 Å². The lowest BCUT2D eigenvalue weighted by Gasteiger charge is -2.26. The Balaban J connectivity index is 1.75. The SMILES string of the molecule is CC(C1CC1)N(C)c1nc(Cl)nc2c1ncn2C1CCCCO1. The largest absolute Gasteiger partial charge is 0.358 e. The fourth-order valence-corrected chi connectivity index (χ4v) is 3.52. The van der Waals surface area contributed by atoms with Gasteiger partial charge in [-0.15, -0.1) is 0 Å². The van der Waals surface area contributed by atoms with Gasteiger partial charge in [0.25, 0.3) is 0 Å². The molecule has 2 fully saturated rings. The van der Waals surface area contributed by atoms with Crippen LogP contribution in [0.2, 0.25) is 5.28 Å².